The molecule has 0 unspecified atom stereocenters. The largest absolute Gasteiger partial charge is 0.261 e. The van der Waals surface area contributed by atoms with Crippen molar-refractivity contribution in [2.45, 2.75) is 38.0 Å². The standard InChI is InChI=1S/C15H15BrClN3/c16-13-14(10-5-1-2-6-10)19-12(20-15(13)17)9-11-7-3-4-8-18-11/h3-4,7-8,10H,1-2,5-6,9H2. The summed E-state index contributed by atoms with van der Waals surface area (Å²) in [7, 11) is 0. The van der Waals surface area contributed by atoms with E-state index in [1.807, 2.05) is 18.2 Å². The summed E-state index contributed by atoms with van der Waals surface area (Å²) in [5, 5.41) is 0.507. The molecule has 1 saturated carbocycles. The molecule has 0 amide bonds. The molecule has 2 aromatic heterocycles. The summed E-state index contributed by atoms with van der Waals surface area (Å²) < 4.78 is 0.857. The molecular formula is C15H15BrClN3. The second-order valence-corrected chi connectivity index (χ2v) is 6.26. The Hall–Kier alpha value is -1.00. The third-order valence-electron chi connectivity index (χ3n) is 3.69. The summed E-state index contributed by atoms with van der Waals surface area (Å²) in [5.41, 5.74) is 2.02. The lowest BCUT2D eigenvalue weighted by Crippen LogP contribution is -2.06. The molecule has 0 aromatic carbocycles. The van der Waals surface area contributed by atoms with Crippen molar-refractivity contribution in [2.75, 3.05) is 0 Å². The van der Waals surface area contributed by atoms with Crippen molar-refractivity contribution in [3.63, 3.8) is 0 Å². The predicted molar refractivity (Wildman–Crippen MR) is 83.0 cm³/mol. The Bertz CT molecular complexity index is 598. The van der Waals surface area contributed by atoms with E-state index < -0.39 is 0 Å². The maximum absolute atomic E-state index is 6.25. The quantitative estimate of drug-likeness (QED) is 0.761. The maximum Gasteiger partial charge on any atom is 0.147 e. The number of aromatic nitrogens is 3. The van der Waals surface area contributed by atoms with Gasteiger partial charge in [0.05, 0.1) is 16.6 Å². The Morgan fingerprint density at radius 3 is 2.70 bits per heavy atom. The summed E-state index contributed by atoms with van der Waals surface area (Å²) in [4.78, 5) is 13.4. The molecule has 0 aliphatic heterocycles. The fraction of sp³-hybridized carbons (Fsp3) is 0.400. The van der Waals surface area contributed by atoms with Crippen LogP contribution in [0.4, 0.5) is 0 Å². The van der Waals surface area contributed by atoms with Crippen molar-refractivity contribution in [3.05, 3.63) is 51.2 Å². The zero-order chi connectivity index (χ0) is 13.9. The first-order valence-electron chi connectivity index (χ1n) is 6.86. The van der Waals surface area contributed by atoms with Crippen LogP contribution in [0.5, 0.6) is 0 Å². The van der Waals surface area contributed by atoms with E-state index in [9.17, 15) is 0 Å². The Morgan fingerprint density at radius 1 is 1.20 bits per heavy atom. The van der Waals surface area contributed by atoms with Crippen LogP contribution in [0.25, 0.3) is 0 Å². The zero-order valence-corrected chi connectivity index (χ0v) is 13.4. The molecule has 0 spiro atoms. The van der Waals surface area contributed by atoms with Crippen LogP contribution >= 0.6 is 27.5 Å². The number of hydrogen-bond acceptors (Lipinski definition) is 3. The maximum atomic E-state index is 6.25. The van der Waals surface area contributed by atoms with Crippen LogP contribution < -0.4 is 0 Å². The molecule has 0 N–H and O–H groups in total. The monoisotopic (exact) mass is 351 g/mol. The number of rotatable bonds is 3. The van der Waals surface area contributed by atoms with Gasteiger partial charge in [0.2, 0.25) is 0 Å². The molecule has 104 valence electrons. The Morgan fingerprint density at radius 2 is 2.00 bits per heavy atom. The van der Waals surface area contributed by atoms with E-state index in [2.05, 4.69) is 25.9 Å². The molecule has 2 aromatic rings. The lowest BCUT2D eigenvalue weighted by molar-refractivity contribution is 0.680. The summed E-state index contributed by atoms with van der Waals surface area (Å²) in [6.45, 7) is 0. The number of hydrogen-bond donors (Lipinski definition) is 0. The van der Waals surface area contributed by atoms with Crippen molar-refractivity contribution in [1.29, 1.82) is 0 Å². The van der Waals surface area contributed by atoms with Crippen molar-refractivity contribution in [3.8, 4) is 0 Å². The van der Waals surface area contributed by atoms with E-state index in [1.54, 1.807) is 6.20 Å². The molecule has 5 heteroatoms. The first-order valence-corrected chi connectivity index (χ1v) is 8.03. The highest BCUT2D eigenvalue weighted by molar-refractivity contribution is 9.10. The molecule has 1 aliphatic carbocycles. The van der Waals surface area contributed by atoms with Crippen LogP contribution in [0.2, 0.25) is 5.15 Å². The normalized spacial score (nSPS) is 15.7. The molecule has 1 aliphatic rings. The third kappa shape index (κ3) is 3.01. The molecule has 0 bridgehead atoms. The average Bonchev–Trinajstić information content (AvgIpc) is 2.98. The van der Waals surface area contributed by atoms with E-state index in [0.29, 0.717) is 17.5 Å². The minimum absolute atomic E-state index is 0.507. The smallest absolute Gasteiger partial charge is 0.147 e. The van der Waals surface area contributed by atoms with Gasteiger partial charge in [-0.3, -0.25) is 4.98 Å². The lowest BCUT2D eigenvalue weighted by atomic mass is 10.0. The molecule has 3 nitrogen and oxygen atoms in total. The average molecular weight is 353 g/mol. The van der Waals surface area contributed by atoms with Gasteiger partial charge in [-0.2, -0.15) is 0 Å². The van der Waals surface area contributed by atoms with Crippen LogP contribution in [-0.4, -0.2) is 15.0 Å². The van der Waals surface area contributed by atoms with Gasteiger partial charge >= 0.3 is 0 Å². The lowest BCUT2D eigenvalue weighted by Gasteiger charge is -2.13. The van der Waals surface area contributed by atoms with Crippen molar-refractivity contribution in [2.24, 2.45) is 0 Å². The van der Waals surface area contributed by atoms with Gasteiger partial charge in [-0.15, -0.1) is 0 Å². The SMILES string of the molecule is Clc1nc(Cc2ccccn2)nc(C2CCCC2)c1Br. The summed E-state index contributed by atoms with van der Waals surface area (Å²) in [6.07, 6.45) is 7.33. The molecule has 3 rings (SSSR count). The highest BCUT2D eigenvalue weighted by Gasteiger charge is 2.23. The second-order valence-electron chi connectivity index (χ2n) is 5.11. The molecule has 1 fully saturated rings. The molecule has 2 heterocycles. The predicted octanol–water partition coefficient (Wildman–Crippen LogP) is 4.54. The first-order chi connectivity index (χ1) is 9.74. The minimum atomic E-state index is 0.507. The number of nitrogens with zero attached hydrogens (tertiary/aromatic N) is 3. The molecular weight excluding hydrogens is 338 g/mol. The van der Waals surface area contributed by atoms with Gasteiger partial charge in [0.15, 0.2) is 0 Å². The molecule has 0 radical (unpaired) electrons. The van der Waals surface area contributed by atoms with E-state index in [-0.39, 0.29) is 0 Å². The van der Waals surface area contributed by atoms with Crippen LogP contribution in [0.3, 0.4) is 0 Å². The first kappa shape index (κ1) is 14.0. The van der Waals surface area contributed by atoms with Crippen molar-refractivity contribution >= 4 is 27.5 Å². The summed E-state index contributed by atoms with van der Waals surface area (Å²) in [5.74, 6) is 1.26. The summed E-state index contributed by atoms with van der Waals surface area (Å²) >= 11 is 9.78. The van der Waals surface area contributed by atoms with Crippen LogP contribution in [0.15, 0.2) is 28.9 Å². The summed E-state index contributed by atoms with van der Waals surface area (Å²) in [6, 6.07) is 5.86. The van der Waals surface area contributed by atoms with Crippen molar-refractivity contribution in [1.82, 2.24) is 15.0 Å². The van der Waals surface area contributed by atoms with E-state index in [0.717, 1.165) is 21.7 Å². The highest BCUT2D eigenvalue weighted by atomic mass is 79.9. The molecule has 0 saturated heterocycles. The van der Waals surface area contributed by atoms with E-state index in [4.69, 9.17) is 16.6 Å². The fourth-order valence-electron chi connectivity index (χ4n) is 2.69. The highest BCUT2D eigenvalue weighted by Crippen LogP contribution is 2.38. The van der Waals surface area contributed by atoms with Gasteiger partial charge in [0.1, 0.15) is 11.0 Å². The van der Waals surface area contributed by atoms with Gasteiger partial charge in [0, 0.05) is 17.8 Å². The minimum Gasteiger partial charge on any atom is -0.261 e. The van der Waals surface area contributed by atoms with E-state index >= 15 is 0 Å². The molecule has 20 heavy (non-hydrogen) atoms. The fourth-order valence-corrected chi connectivity index (χ4v) is 3.39. The van der Waals surface area contributed by atoms with Gasteiger partial charge < -0.3 is 0 Å². The van der Waals surface area contributed by atoms with E-state index in [1.165, 1.54) is 25.7 Å². The van der Waals surface area contributed by atoms with Crippen LogP contribution in [-0.2, 0) is 6.42 Å². The van der Waals surface area contributed by atoms with Gasteiger partial charge in [-0.05, 0) is 40.9 Å². The van der Waals surface area contributed by atoms with Gasteiger partial charge in [-0.1, -0.05) is 30.5 Å². The van der Waals surface area contributed by atoms with Crippen molar-refractivity contribution < 1.29 is 0 Å². The molecule has 0 atom stereocenters. The topological polar surface area (TPSA) is 38.7 Å². The van der Waals surface area contributed by atoms with Crippen LogP contribution in [0.1, 0.15) is 48.8 Å². The van der Waals surface area contributed by atoms with Crippen LogP contribution in [0, 0.1) is 0 Å². The van der Waals surface area contributed by atoms with Gasteiger partial charge in [-0.25, -0.2) is 9.97 Å². The van der Waals surface area contributed by atoms with Gasteiger partial charge in [0.25, 0.3) is 0 Å². The number of pyridine rings is 1. The Balaban J connectivity index is 1.92. The number of halogens is 2. The second kappa shape index (κ2) is 6.19. The Kier molecular flexibility index (Phi) is 4.32. The zero-order valence-electron chi connectivity index (χ0n) is 11.0. The third-order valence-corrected chi connectivity index (χ3v) is 4.97. The Labute approximate surface area is 132 Å².